The van der Waals surface area contributed by atoms with Crippen molar-refractivity contribution in [2.45, 2.75) is 33.1 Å². The number of rotatable bonds is 7. The first-order valence-corrected chi connectivity index (χ1v) is 8.95. The van der Waals surface area contributed by atoms with Crippen LogP contribution in [0, 0.1) is 12.8 Å². The van der Waals surface area contributed by atoms with Crippen molar-refractivity contribution in [3.05, 3.63) is 35.4 Å². The molecule has 2 N–H and O–H groups in total. The number of nitrogens with one attached hydrogen (secondary N) is 2. The highest BCUT2D eigenvalue weighted by atomic mass is 16.2. The number of Topliss-reactive ketones (excluding diaryl/α,β-unsaturated/α-hetero) is 1. The smallest absolute Gasteiger partial charge is 0.314 e. The van der Waals surface area contributed by atoms with Crippen LogP contribution in [0.15, 0.2) is 24.3 Å². The van der Waals surface area contributed by atoms with Crippen LogP contribution in [0.25, 0.3) is 0 Å². The van der Waals surface area contributed by atoms with E-state index in [0.717, 1.165) is 44.5 Å². The number of nitrogens with zero attached hydrogens (tertiary/aromatic N) is 1. The summed E-state index contributed by atoms with van der Waals surface area (Å²) in [6, 6.07) is 7.79. The van der Waals surface area contributed by atoms with Gasteiger partial charge in [-0.15, -0.1) is 0 Å². The molecule has 0 bridgehead atoms. The van der Waals surface area contributed by atoms with E-state index in [1.54, 1.807) is 0 Å². The topological polar surface area (TPSA) is 61.4 Å². The molecule has 0 radical (unpaired) electrons. The van der Waals surface area contributed by atoms with E-state index in [0.29, 0.717) is 13.1 Å². The molecule has 0 unspecified atom stereocenters. The van der Waals surface area contributed by atoms with Gasteiger partial charge in [0, 0.05) is 24.6 Å². The number of hydrogen-bond acceptors (Lipinski definition) is 3. The normalized spacial score (nSPS) is 15.9. The first-order valence-electron chi connectivity index (χ1n) is 8.95. The minimum Gasteiger partial charge on any atom is -0.338 e. The van der Waals surface area contributed by atoms with Gasteiger partial charge in [-0.2, -0.15) is 0 Å². The van der Waals surface area contributed by atoms with Crippen molar-refractivity contribution in [2.75, 3.05) is 32.7 Å². The lowest BCUT2D eigenvalue weighted by Crippen LogP contribution is -2.39. The van der Waals surface area contributed by atoms with Crippen LogP contribution in [-0.2, 0) is 0 Å². The summed E-state index contributed by atoms with van der Waals surface area (Å²) in [5, 5.41) is 5.57. The maximum atomic E-state index is 12.5. The summed E-state index contributed by atoms with van der Waals surface area (Å²) in [6.45, 7) is 8.17. The molecule has 1 heterocycles. The van der Waals surface area contributed by atoms with Gasteiger partial charge >= 0.3 is 6.03 Å². The fourth-order valence-corrected chi connectivity index (χ4v) is 3.10. The van der Waals surface area contributed by atoms with Crippen molar-refractivity contribution in [2.24, 2.45) is 5.92 Å². The fraction of sp³-hybridized carbons (Fsp3) is 0.579. The molecule has 0 aromatic heterocycles. The highest BCUT2D eigenvalue weighted by Crippen LogP contribution is 2.22. The van der Waals surface area contributed by atoms with Crippen LogP contribution >= 0.6 is 0 Å². The molecule has 0 atom stereocenters. The predicted molar refractivity (Wildman–Crippen MR) is 96.4 cm³/mol. The van der Waals surface area contributed by atoms with Gasteiger partial charge in [-0.25, -0.2) is 4.79 Å². The van der Waals surface area contributed by atoms with Gasteiger partial charge in [0.15, 0.2) is 5.78 Å². The van der Waals surface area contributed by atoms with Crippen LogP contribution in [0.3, 0.4) is 0 Å². The molecule has 24 heavy (non-hydrogen) atoms. The lowest BCUT2D eigenvalue weighted by Gasteiger charge is -2.31. The van der Waals surface area contributed by atoms with E-state index in [4.69, 9.17) is 0 Å². The van der Waals surface area contributed by atoms with Gasteiger partial charge in [0.05, 0.1) is 0 Å². The molecule has 0 spiro atoms. The summed E-state index contributed by atoms with van der Waals surface area (Å²) in [5.74, 6) is 0.435. The van der Waals surface area contributed by atoms with Crippen molar-refractivity contribution in [3.8, 4) is 0 Å². The number of piperidine rings is 1. The second-order valence-corrected chi connectivity index (χ2v) is 6.49. The summed E-state index contributed by atoms with van der Waals surface area (Å²) < 4.78 is 0. The lowest BCUT2D eigenvalue weighted by atomic mass is 9.88. The zero-order valence-corrected chi connectivity index (χ0v) is 14.8. The maximum Gasteiger partial charge on any atom is 0.314 e. The Morgan fingerprint density at radius 3 is 2.42 bits per heavy atom. The Morgan fingerprint density at radius 2 is 1.79 bits per heavy atom. The average Bonchev–Trinajstić information content (AvgIpc) is 2.60. The van der Waals surface area contributed by atoms with Gasteiger partial charge in [0.25, 0.3) is 0 Å². The first kappa shape index (κ1) is 18.5. The van der Waals surface area contributed by atoms with Gasteiger partial charge in [0.2, 0.25) is 0 Å². The SMILES string of the molecule is CCNC(=O)NCCCN1CCC(C(=O)c2ccc(C)cc2)CC1. The van der Waals surface area contributed by atoms with Crippen molar-refractivity contribution in [1.29, 1.82) is 0 Å². The monoisotopic (exact) mass is 331 g/mol. The third-order valence-electron chi connectivity index (χ3n) is 4.57. The third-order valence-corrected chi connectivity index (χ3v) is 4.57. The minimum atomic E-state index is -0.0973. The second kappa shape index (κ2) is 9.42. The summed E-state index contributed by atoms with van der Waals surface area (Å²) in [7, 11) is 0. The number of amides is 2. The van der Waals surface area contributed by atoms with Crippen LogP contribution in [0.5, 0.6) is 0 Å². The van der Waals surface area contributed by atoms with Gasteiger partial charge < -0.3 is 15.5 Å². The minimum absolute atomic E-state index is 0.0973. The summed E-state index contributed by atoms with van der Waals surface area (Å²) >= 11 is 0. The maximum absolute atomic E-state index is 12.5. The van der Waals surface area contributed by atoms with Crippen LogP contribution in [-0.4, -0.2) is 49.4 Å². The molecule has 0 saturated carbocycles. The van der Waals surface area contributed by atoms with Crippen molar-refractivity contribution in [1.82, 2.24) is 15.5 Å². The molecular formula is C19H29N3O2. The fourth-order valence-electron chi connectivity index (χ4n) is 3.10. The number of carbonyl (C=O) groups is 2. The predicted octanol–water partition coefficient (Wildman–Crippen LogP) is 2.60. The molecule has 2 rings (SSSR count). The number of likely N-dealkylation sites (tertiary alicyclic amines) is 1. The standard InChI is InChI=1S/C19H29N3O2/c1-3-20-19(24)21-11-4-12-22-13-9-17(10-14-22)18(23)16-7-5-15(2)6-8-16/h5-8,17H,3-4,9-14H2,1-2H3,(H2,20,21,24). The van der Waals surface area contributed by atoms with Crippen molar-refractivity contribution in [3.63, 3.8) is 0 Å². The van der Waals surface area contributed by atoms with Crippen molar-refractivity contribution >= 4 is 11.8 Å². The van der Waals surface area contributed by atoms with E-state index < -0.39 is 0 Å². The van der Waals surface area contributed by atoms with E-state index in [1.807, 2.05) is 38.1 Å². The third kappa shape index (κ3) is 5.64. The molecule has 5 heteroatoms. The number of carbonyl (C=O) groups excluding carboxylic acids is 2. The number of hydrogen-bond donors (Lipinski definition) is 2. The molecule has 1 aromatic carbocycles. The molecule has 5 nitrogen and oxygen atoms in total. The average molecular weight is 331 g/mol. The number of aryl methyl sites for hydroxylation is 1. The molecular weight excluding hydrogens is 302 g/mol. The van der Waals surface area contributed by atoms with E-state index in [1.165, 1.54) is 5.56 Å². The quantitative estimate of drug-likeness (QED) is 0.596. The summed E-state index contributed by atoms with van der Waals surface area (Å²) in [4.78, 5) is 26.2. The van der Waals surface area contributed by atoms with Crippen LogP contribution in [0.4, 0.5) is 4.79 Å². The van der Waals surface area contributed by atoms with Crippen LogP contribution in [0.2, 0.25) is 0 Å². The van der Waals surface area contributed by atoms with Gasteiger partial charge in [-0.05, 0) is 52.7 Å². The Bertz CT molecular complexity index is 534. The Morgan fingerprint density at radius 1 is 1.12 bits per heavy atom. The molecule has 1 fully saturated rings. The zero-order chi connectivity index (χ0) is 17.4. The lowest BCUT2D eigenvalue weighted by molar-refractivity contribution is 0.0839. The number of ketones is 1. The van der Waals surface area contributed by atoms with Crippen LogP contribution < -0.4 is 10.6 Å². The first-order chi connectivity index (χ1) is 11.6. The molecule has 132 valence electrons. The summed E-state index contributed by atoms with van der Waals surface area (Å²) in [6.07, 6.45) is 2.79. The largest absolute Gasteiger partial charge is 0.338 e. The van der Waals surface area contributed by atoms with Crippen molar-refractivity contribution < 1.29 is 9.59 Å². The Hall–Kier alpha value is -1.88. The molecule has 1 saturated heterocycles. The Kier molecular flexibility index (Phi) is 7.25. The highest BCUT2D eigenvalue weighted by molar-refractivity contribution is 5.97. The van der Waals surface area contributed by atoms with Gasteiger partial charge in [-0.1, -0.05) is 29.8 Å². The molecule has 1 aliphatic heterocycles. The molecule has 1 aromatic rings. The van der Waals surface area contributed by atoms with E-state index in [-0.39, 0.29) is 17.7 Å². The van der Waals surface area contributed by atoms with Gasteiger partial charge in [-0.3, -0.25) is 4.79 Å². The number of benzene rings is 1. The van der Waals surface area contributed by atoms with E-state index >= 15 is 0 Å². The van der Waals surface area contributed by atoms with E-state index in [2.05, 4.69) is 15.5 Å². The number of urea groups is 1. The Labute approximate surface area is 144 Å². The molecule has 1 aliphatic rings. The van der Waals surface area contributed by atoms with E-state index in [9.17, 15) is 9.59 Å². The van der Waals surface area contributed by atoms with Gasteiger partial charge in [0.1, 0.15) is 0 Å². The zero-order valence-electron chi connectivity index (χ0n) is 14.8. The highest BCUT2D eigenvalue weighted by Gasteiger charge is 2.25. The second-order valence-electron chi connectivity index (χ2n) is 6.49. The Balaban J connectivity index is 1.67. The molecule has 2 amide bonds. The van der Waals surface area contributed by atoms with Crippen LogP contribution in [0.1, 0.15) is 42.1 Å². The molecule has 0 aliphatic carbocycles. The summed E-state index contributed by atoms with van der Waals surface area (Å²) in [5.41, 5.74) is 2.02.